The molecule has 0 amide bonds. The number of carboxylic acids is 1. The van der Waals surface area contributed by atoms with Crippen molar-refractivity contribution in [3.05, 3.63) is 35.4 Å². The van der Waals surface area contributed by atoms with Crippen molar-refractivity contribution in [2.24, 2.45) is 0 Å². The lowest BCUT2D eigenvalue weighted by molar-refractivity contribution is -0.137. The molecule has 1 heterocycles. The maximum atomic E-state index is 13.8. The summed E-state index contributed by atoms with van der Waals surface area (Å²) in [5.74, 6) is -1.83. The molecule has 1 aliphatic rings. The van der Waals surface area contributed by atoms with E-state index in [0.717, 1.165) is 38.8 Å². The van der Waals surface area contributed by atoms with E-state index in [0.29, 0.717) is 12.0 Å². The van der Waals surface area contributed by atoms with Crippen LogP contribution in [0.15, 0.2) is 18.2 Å². The highest BCUT2D eigenvalue weighted by molar-refractivity contribution is 5.66. The molecule has 1 fully saturated rings. The van der Waals surface area contributed by atoms with E-state index < -0.39 is 17.6 Å². The molecule has 1 saturated heterocycles. The largest absolute Gasteiger partial charge is 0.481 e. The molecular formula is C16H22F2N2O2. The molecule has 6 heteroatoms. The summed E-state index contributed by atoms with van der Waals surface area (Å²) in [6.45, 7) is 5.98. The minimum Gasteiger partial charge on any atom is -0.481 e. The number of piperazine rings is 1. The molecule has 22 heavy (non-hydrogen) atoms. The van der Waals surface area contributed by atoms with Crippen molar-refractivity contribution >= 4 is 5.97 Å². The number of aliphatic carboxylic acids is 1. The van der Waals surface area contributed by atoms with Gasteiger partial charge < -0.3 is 10.0 Å². The average Bonchev–Trinajstić information content (AvgIpc) is 2.47. The van der Waals surface area contributed by atoms with Crippen LogP contribution in [-0.2, 0) is 4.79 Å². The van der Waals surface area contributed by atoms with E-state index >= 15 is 0 Å². The summed E-state index contributed by atoms with van der Waals surface area (Å²) in [7, 11) is 0. The minimum atomic E-state index is -0.765. The Hall–Kier alpha value is -1.53. The van der Waals surface area contributed by atoms with Crippen molar-refractivity contribution in [1.29, 1.82) is 0 Å². The Kier molecular flexibility index (Phi) is 5.85. The number of halogens is 2. The van der Waals surface area contributed by atoms with Gasteiger partial charge >= 0.3 is 5.97 Å². The third kappa shape index (κ3) is 4.48. The zero-order valence-corrected chi connectivity index (χ0v) is 12.8. The first-order valence-corrected chi connectivity index (χ1v) is 7.60. The number of carbonyl (C=O) groups is 1. The van der Waals surface area contributed by atoms with E-state index in [9.17, 15) is 13.6 Å². The smallest absolute Gasteiger partial charge is 0.303 e. The third-order valence-corrected chi connectivity index (χ3v) is 4.23. The number of hydrogen-bond donors (Lipinski definition) is 1. The van der Waals surface area contributed by atoms with E-state index in [1.807, 2.05) is 6.92 Å². The number of nitrogens with zero attached hydrogens (tertiary/aromatic N) is 2. The quantitative estimate of drug-likeness (QED) is 0.876. The van der Waals surface area contributed by atoms with Crippen LogP contribution in [0.25, 0.3) is 0 Å². The van der Waals surface area contributed by atoms with Crippen LogP contribution in [0.5, 0.6) is 0 Å². The molecule has 2 rings (SSSR count). The summed E-state index contributed by atoms with van der Waals surface area (Å²) in [4.78, 5) is 14.9. The summed E-state index contributed by atoms with van der Waals surface area (Å²) >= 11 is 0. The molecule has 122 valence electrons. The molecule has 1 atom stereocenters. The van der Waals surface area contributed by atoms with E-state index in [2.05, 4.69) is 9.80 Å². The van der Waals surface area contributed by atoms with Crippen LogP contribution in [0.4, 0.5) is 8.78 Å². The van der Waals surface area contributed by atoms with Crippen LogP contribution < -0.4 is 0 Å². The second kappa shape index (κ2) is 7.65. The number of hydrogen-bond acceptors (Lipinski definition) is 3. The van der Waals surface area contributed by atoms with Crippen LogP contribution >= 0.6 is 0 Å². The zero-order chi connectivity index (χ0) is 16.1. The van der Waals surface area contributed by atoms with Gasteiger partial charge in [0.05, 0.1) is 0 Å². The SMILES string of the molecule is C[C@@H](c1ccc(F)cc1F)N1CCN(CCCC(=O)O)CC1. The van der Waals surface area contributed by atoms with Crippen molar-refractivity contribution < 1.29 is 18.7 Å². The fraction of sp³-hybridized carbons (Fsp3) is 0.562. The fourth-order valence-electron chi connectivity index (χ4n) is 2.87. The second-order valence-corrected chi connectivity index (χ2v) is 5.72. The Bertz CT molecular complexity index is 517. The van der Waals surface area contributed by atoms with Crippen molar-refractivity contribution in [3.63, 3.8) is 0 Å². The van der Waals surface area contributed by atoms with Gasteiger partial charge in [0.1, 0.15) is 11.6 Å². The molecule has 0 bridgehead atoms. The van der Waals surface area contributed by atoms with E-state index in [4.69, 9.17) is 5.11 Å². The second-order valence-electron chi connectivity index (χ2n) is 5.72. The lowest BCUT2D eigenvalue weighted by atomic mass is 10.1. The monoisotopic (exact) mass is 312 g/mol. The Morgan fingerprint density at radius 1 is 1.27 bits per heavy atom. The molecule has 1 aromatic rings. The highest BCUT2D eigenvalue weighted by Crippen LogP contribution is 2.24. The Morgan fingerprint density at radius 3 is 2.55 bits per heavy atom. The van der Waals surface area contributed by atoms with Crippen molar-refractivity contribution in [2.45, 2.75) is 25.8 Å². The summed E-state index contributed by atoms with van der Waals surface area (Å²) in [5, 5.41) is 8.64. The van der Waals surface area contributed by atoms with Gasteiger partial charge in [-0.05, 0) is 26.0 Å². The summed E-state index contributed by atoms with van der Waals surface area (Å²) < 4.78 is 26.8. The Morgan fingerprint density at radius 2 is 1.95 bits per heavy atom. The van der Waals surface area contributed by atoms with Crippen molar-refractivity contribution in [3.8, 4) is 0 Å². The predicted octanol–water partition coefficient (Wildman–Crippen LogP) is 2.51. The van der Waals surface area contributed by atoms with Gasteiger partial charge in [0.25, 0.3) is 0 Å². The summed E-state index contributed by atoms with van der Waals surface area (Å²) in [6.07, 6.45) is 0.842. The van der Waals surface area contributed by atoms with Crippen LogP contribution in [0, 0.1) is 11.6 Å². The Labute approximate surface area is 129 Å². The summed E-state index contributed by atoms with van der Waals surface area (Å²) in [5.41, 5.74) is 0.515. The van der Waals surface area contributed by atoms with Crippen LogP contribution in [0.1, 0.15) is 31.4 Å². The maximum absolute atomic E-state index is 13.8. The topological polar surface area (TPSA) is 43.8 Å². The zero-order valence-electron chi connectivity index (χ0n) is 12.8. The molecule has 0 aliphatic carbocycles. The first kappa shape index (κ1) is 16.8. The average molecular weight is 312 g/mol. The van der Waals surface area contributed by atoms with Gasteiger partial charge in [-0.15, -0.1) is 0 Å². The van der Waals surface area contributed by atoms with Gasteiger partial charge in [-0.2, -0.15) is 0 Å². The lowest BCUT2D eigenvalue weighted by Gasteiger charge is -2.38. The fourth-order valence-corrected chi connectivity index (χ4v) is 2.87. The number of benzene rings is 1. The molecule has 1 aromatic carbocycles. The molecule has 0 aromatic heterocycles. The first-order valence-electron chi connectivity index (χ1n) is 7.60. The predicted molar refractivity (Wildman–Crippen MR) is 79.7 cm³/mol. The number of rotatable bonds is 6. The highest BCUT2D eigenvalue weighted by Gasteiger charge is 2.23. The van der Waals surface area contributed by atoms with Gasteiger partial charge in [-0.25, -0.2) is 8.78 Å². The van der Waals surface area contributed by atoms with E-state index in [-0.39, 0.29) is 12.5 Å². The van der Waals surface area contributed by atoms with E-state index in [1.54, 1.807) is 0 Å². The highest BCUT2D eigenvalue weighted by atomic mass is 19.1. The van der Waals surface area contributed by atoms with Crippen molar-refractivity contribution in [2.75, 3.05) is 32.7 Å². The molecule has 0 saturated carbocycles. The van der Waals surface area contributed by atoms with Crippen molar-refractivity contribution in [1.82, 2.24) is 9.80 Å². The lowest BCUT2D eigenvalue weighted by Crippen LogP contribution is -2.47. The van der Waals surface area contributed by atoms with Gasteiger partial charge in [0, 0.05) is 50.3 Å². The van der Waals surface area contributed by atoms with E-state index in [1.165, 1.54) is 12.1 Å². The number of carboxylic acid groups (broad SMARTS) is 1. The first-order chi connectivity index (χ1) is 10.5. The molecule has 0 unspecified atom stereocenters. The molecule has 1 N–H and O–H groups in total. The molecule has 0 spiro atoms. The van der Waals surface area contributed by atoms with Crippen LogP contribution in [0.2, 0.25) is 0 Å². The Balaban J connectivity index is 1.84. The summed E-state index contributed by atoms with van der Waals surface area (Å²) in [6, 6.07) is 3.63. The van der Waals surface area contributed by atoms with Gasteiger partial charge in [-0.1, -0.05) is 6.07 Å². The standard InChI is InChI=1S/C16H22F2N2O2/c1-12(14-5-4-13(17)11-15(14)18)20-9-7-19(8-10-20)6-2-3-16(21)22/h4-5,11-12H,2-3,6-10H2,1H3,(H,21,22)/t12-/m0/s1. The minimum absolute atomic E-state index is 0.0956. The van der Waals surface area contributed by atoms with Gasteiger partial charge in [-0.3, -0.25) is 9.69 Å². The molecule has 4 nitrogen and oxygen atoms in total. The van der Waals surface area contributed by atoms with Gasteiger partial charge in [0.2, 0.25) is 0 Å². The molecule has 0 radical (unpaired) electrons. The van der Waals surface area contributed by atoms with Crippen LogP contribution in [0.3, 0.4) is 0 Å². The molecular weight excluding hydrogens is 290 g/mol. The maximum Gasteiger partial charge on any atom is 0.303 e. The molecule has 1 aliphatic heterocycles. The van der Waals surface area contributed by atoms with Gasteiger partial charge in [0.15, 0.2) is 0 Å². The normalized spacial score (nSPS) is 18.3. The third-order valence-electron chi connectivity index (χ3n) is 4.23. The van der Waals surface area contributed by atoms with Crippen LogP contribution in [-0.4, -0.2) is 53.6 Å².